The highest BCUT2D eigenvalue weighted by Gasteiger charge is 2.13. The largest absolute Gasteiger partial charge is 0.396 e. The highest BCUT2D eigenvalue weighted by molar-refractivity contribution is 5.27. The second-order valence-electron chi connectivity index (χ2n) is 5.38. The Kier molecular flexibility index (Phi) is 4.51. The van der Waals surface area contributed by atoms with Crippen LogP contribution in [0.2, 0.25) is 0 Å². The summed E-state index contributed by atoms with van der Waals surface area (Å²) >= 11 is 0. The molecule has 90 valence electrons. The standard InChI is InChI=1S/C14H22O2/c1-14(2,3)13-6-4-11(5-7-13)8-12(9-15)10-16/h4-7,12,15-16H,8-10H2,1-3H3. The topological polar surface area (TPSA) is 40.5 Å². The van der Waals surface area contributed by atoms with Crippen molar-refractivity contribution in [2.24, 2.45) is 5.92 Å². The van der Waals surface area contributed by atoms with Crippen molar-refractivity contribution in [2.45, 2.75) is 32.6 Å². The van der Waals surface area contributed by atoms with Crippen LogP contribution in [0.3, 0.4) is 0 Å². The Morgan fingerprint density at radius 2 is 1.50 bits per heavy atom. The molecule has 1 rings (SSSR count). The van der Waals surface area contributed by atoms with E-state index in [-0.39, 0.29) is 24.5 Å². The van der Waals surface area contributed by atoms with Gasteiger partial charge in [-0.3, -0.25) is 0 Å². The molecule has 0 aromatic heterocycles. The molecular weight excluding hydrogens is 200 g/mol. The van der Waals surface area contributed by atoms with Gasteiger partial charge in [0.1, 0.15) is 0 Å². The molecule has 0 radical (unpaired) electrons. The van der Waals surface area contributed by atoms with Gasteiger partial charge in [0.2, 0.25) is 0 Å². The van der Waals surface area contributed by atoms with Gasteiger partial charge in [-0.2, -0.15) is 0 Å². The van der Waals surface area contributed by atoms with E-state index in [0.717, 1.165) is 6.42 Å². The van der Waals surface area contributed by atoms with E-state index < -0.39 is 0 Å². The number of aliphatic hydroxyl groups is 2. The lowest BCUT2D eigenvalue weighted by Gasteiger charge is -2.19. The molecule has 0 unspecified atom stereocenters. The predicted molar refractivity (Wildman–Crippen MR) is 66.5 cm³/mol. The predicted octanol–water partition coefficient (Wildman–Crippen LogP) is 2.13. The lowest BCUT2D eigenvalue weighted by Crippen LogP contribution is -2.14. The lowest BCUT2D eigenvalue weighted by molar-refractivity contribution is 0.150. The molecule has 16 heavy (non-hydrogen) atoms. The number of benzene rings is 1. The minimum atomic E-state index is -0.0412. The number of hydrogen-bond donors (Lipinski definition) is 2. The van der Waals surface area contributed by atoms with Crippen LogP contribution in [0.1, 0.15) is 31.9 Å². The molecule has 0 aliphatic carbocycles. The van der Waals surface area contributed by atoms with Crippen molar-refractivity contribution in [3.8, 4) is 0 Å². The SMILES string of the molecule is CC(C)(C)c1ccc(CC(CO)CO)cc1. The van der Waals surface area contributed by atoms with Crippen LogP contribution in [0, 0.1) is 5.92 Å². The van der Waals surface area contributed by atoms with Gasteiger partial charge in [-0.1, -0.05) is 45.0 Å². The highest BCUT2D eigenvalue weighted by Crippen LogP contribution is 2.22. The summed E-state index contributed by atoms with van der Waals surface area (Å²) in [6.45, 7) is 6.64. The van der Waals surface area contributed by atoms with E-state index >= 15 is 0 Å². The molecule has 0 fully saturated rings. The van der Waals surface area contributed by atoms with Gasteiger partial charge in [-0.15, -0.1) is 0 Å². The van der Waals surface area contributed by atoms with E-state index in [1.54, 1.807) is 0 Å². The van der Waals surface area contributed by atoms with E-state index in [4.69, 9.17) is 10.2 Å². The molecule has 0 saturated carbocycles. The maximum Gasteiger partial charge on any atom is 0.0484 e. The first kappa shape index (κ1) is 13.2. The zero-order valence-corrected chi connectivity index (χ0v) is 10.4. The fourth-order valence-electron chi connectivity index (χ4n) is 1.66. The van der Waals surface area contributed by atoms with Crippen LogP contribution < -0.4 is 0 Å². The molecule has 0 bridgehead atoms. The van der Waals surface area contributed by atoms with Crippen LogP contribution >= 0.6 is 0 Å². The fourth-order valence-corrected chi connectivity index (χ4v) is 1.66. The Morgan fingerprint density at radius 3 is 1.88 bits per heavy atom. The maximum atomic E-state index is 9.01. The molecule has 0 spiro atoms. The average Bonchev–Trinajstić information content (AvgIpc) is 2.25. The zero-order valence-electron chi connectivity index (χ0n) is 10.4. The van der Waals surface area contributed by atoms with Crippen LogP contribution in [0.25, 0.3) is 0 Å². The molecule has 1 aromatic rings. The van der Waals surface area contributed by atoms with E-state index in [2.05, 4.69) is 45.0 Å². The maximum absolute atomic E-state index is 9.01. The van der Waals surface area contributed by atoms with Gasteiger partial charge in [0.25, 0.3) is 0 Å². The summed E-state index contributed by atoms with van der Waals surface area (Å²) in [4.78, 5) is 0. The Hall–Kier alpha value is -0.860. The third kappa shape index (κ3) is 3.62. The molecule has 2 heteroatoms. The van der Waals surface area contributed by atoms with Crippen molar-refractivity contribution in [2.75, 3.05) is 13.2 Å². The number of rotatable bonds is 4. The second kappa shape index (κ2) is 5.46. The minimum absolute atomic E-state index is 0.0392. The van der Waals surface area contributed by atoms with Crippen molar-refractivity contribution in [3.05, 3.63) is 35.4 Å². The van der Waals surface area contributed by atoms with Crippen LogP contribution in [0.15, 0.2) is 24.3 Å². The Balaban J connectivity index is 2.72. The molecule has 0 aliphatic rings. The quantitative estimate of drug-likeness (QED) is 0.819. The van der Waals surface area contributed by atoms with E-state index in [1.165, 1.54) is 11.1 Å². The molecule has 0 atom stereocenters. The minimum Gasteiger partial charge on any atom is -0.396 e. The molecule has 1 aromatic carbocycles. The first-order valence-electron chi connectivity index (χ1n) is 5.78. The van der Waals surface area contributed by atoms with Crippen LogP contribution in [0.5, 0.6) is 0 Å². The van der Waals surface area contributed by atoms with Crippen molar-refractivity contribution in [1.29, 1.82) is 0 Å². The summed E-state index contributed by atoms with van der Waals surface area (Å²) in [7, 11) is 0. The Morgan fingerprint density at radius 1 is 1.00 bits per heavy atom. The van der Waals surface area contributed by atoms with Crippen LogP contribution in [-0.4, -0.2) is 23.4 Å². The van der Waals surface area contributed by atoms with E-state index in [0.29, 0.717) is 0 Å². The summed E-state index contributed by atoms with van der Waals surface area (Å²) in [5, 5.41) is 18.0. The van der Waals surface area contributed by atoms with Crippen LogP contribution in [0.4, 0.5) is 0 Å². The second-order valence-corrected chi connectivity index (χ2v) is 5.38. The van der Waals surface area contributed by atoms with Gasteiger partial charge in [0, 0.05) is 19.1 Å². The smallest absolute Gasteiger partial charge is 0.0484 e. The van der Waals surface area contributed by atoms with Gasteiger partial charge < -0.3 is 10.2 Å². The zero-order chi connectivity index (χ0) is 12.2. The number of aliphatic hydroxyl groups excluding tert-OH is 2. The normalized spacial score (nSPS) is 12.1. The van der Waals surface area contributed by atoms with Crippen molar-refractivity contribution >= 4 is 0 Å². The van der Waals surface area contributed by atoms with Gasteiger partial charge >= 0.3 is 0 Å². The number of hydrogen-bond acceptors (Lipinski definition) is 2. The molecule has 0 aliphatic heterocycles. The molecule has 0 saturated heterocycles. The van der Waals surface area contributed by atoms with E-state index in [1.807, 2.05) is 0 Å². The third-order valence-corrected chi connectivity index (χ3v) is 2.86. The third-order valence-electron chi connectivity index (χ3n) is 2.86. The van der Waals surface area contributed by atoms with Gasteiger partial charge in [-0.25, -0.2) is 0 Å². The highest BCUT2D eigenvalue weighted by atomic mass is 16.3. The molecule has 0 amide bonds. The molecular formula is C14H22O2. The summed E-state index contributed by atoms with van der Waals surface area (Å²) in [5.41, 5.74) is 2.65. The summed E-state index contributed by atoms with van der Waals surface area (Å²) in [5.74, 6) is -0.0412. The molecule has 2 N–H and O–H groups in total. The summed E-state index contributed by atoms with van der Waals surface area (Å²) < 4.78 is 0. The lowest BCUT2D eigenvalue weighted by atomic mass is 9.86. The van der Waals surface area contributed by atoms with Crippen molar-refractivity contribution in [1.82, 2.24) is 0 Å². The van der Waals surface area contributed by atoms with Gasteiger partial charge in [0.15, 0.2) is 0 Å². The van der Waals surface area contributed by atoms with Gasteiger partial charge in [0.05, 0.1) is 0 Å². The van der Waals surface area contributed by atoms with Gasteiger partial charge in [-0.05, 0) is 23.0 Å². The van der Waals surface area contributed by atoms with Crippen molar-refractivity contribution in [3.63, 3.8) is 0 Å². The average molecular weight is 222 g/mol. The molecule has 2 nitrogen and oxygen atoms in total. The summed E-state index contributed by atoms with van der Waals surface area (Å²) in [6, 6.07) is 8.42. The summed E-state index contributed by atoms with van der Waals surface area (Å²) in [6.07, 6.45) is 0.734. The van der Waals surface area contributed by atoms with Crippen molar-refractivity contribution < 1.29 is 10.2 Å². The molecule has 0 heterocycles. The van der Waals surface area contributed by atoms with E-state index in [9.17, 15) is 0 Å². The van der Waals surface area contributed by atoms with Crippen LogP contribution in [-0.2, 0) is 11.8 Å². The Labute approximate surface area is 97.9 Å². The monoisotopic (exact) mass is 222 g/mol. The fraction of sp³-hybridized carbons (Fsp3) is 0.571. The Bertz CT molecular complexity index is 305. The first-order chi connectivity index (χ1) is 7.47. The first-order valence-corrected chi connectivity index (χ1v) is 5.78.